The van der Waals surface area contributed by atoms with Crippen molar-refractivity contribution < 1.29 is 19.4 Å². The van der Waals surface area contributed by atoms with Crippen LogP contribution >= 0.6 is 0 Å². The Labute approximate surface area is 213 Å². The van der Waals surface area contributed by atoms with Gasteiger partial charge < -0.3 is 15.2 Å². The number of carboxylic acid groups (broad SMARTS) is 1. The summed E-state index contributed by atoms with van der Waals surface area (Å²) < 4.78 is 8.28. The number of rotatable bonds is 7. The first kappa shape index (κ1) is 24.8. The van der Waals surface area contributed by atoms with E-state index in [4.69, 9.17) is 14.9 Å². The third-order valence-corrected chi connectivity index (χ3v) is 8.30. The van der Waals surface area contributed by atoms with Crippen LogP contribution in [-0.4, -0.2) is 38.9 Å². The molecule has 0 unspecified atom stereocenters. The van der Waals surface area contributed by atoms with Crippen molar-refractivity contribution in [2.24, 2.45) is 5.92 Å². The predicted octanol–water partition coefficient (Wildman–Crippen LogP) is 5.53. The van der Waals surface area contributed by atoms with Crippen LogP contribution in [0, 0.1) is 5.92 Å². The van der Waals surface area contributed by atoms with Gasteiger partial charge in [-0.2, -0.15) is 5.10 Å². The molecule has 1 heterocycles. The lowest BCUT2D eigenvalue weighted by molar-refractivity contribution is -0.145. The fraction of sp³-hybridized carbons (Fsp3) is 0.621. The van der Waals surface area contributed by atoms with E-state index in [9.17, 15) is 9.59 Å². The number of carbonyl (C=O) groups excluding carboxylic acids is 1. The number of hydrogen-bond acceptors (Lipinski definition) is 4. The van der Waals surface area contributed by atoms with Crippen LogP contribution in [0.25, 0.3) is 5.69 Å². The number of carbonyl (C=O) groups is 2. The number of aromatic nitrogens is 2. The largest absolute Gasteiger partial charge is 0.481 e. The van der Waals surface area contributed by atoms with Gasteiger partial charge in [0, 0.05) is 12.1 Å². The van der Waals surface area contributed by atoms with Gasteiger partial charge in [-0.05, 0) is 85.5 Å². The first-order valence-electron chi connectivity index (χ1n) is 13.5. The van der Waals surface area contributed by atoms with Crippen LogP contribution in [0.15, 0.2) is 24.3 Å². The highest BCUT2D eigenvalue weighted by Crippen LogP contribution is 2.49. The Morgan fingerprint density at radius 1 is 1.08 bits per heavy atom. The average molecular weight is 494 g/mol. The Hall–Kier alpha value is -2.83. The molecule has 3 saturated carbocycles. The molecule has 7 heteroatoms. The minimum absolute atomic E-state index is 0.0291. The van der Waals surface area contributed by atoms with Crippen LogP contribution in [0.2, 0.25) is 0 Å². The summed E-state index contributed by atoms with van der Waals surface area (Å²) in [6.45, 7) is 8.96. The van der Waals surface area contributed by atoms with Gasteiger partial charge in [0.15, 0.2) is 5.69 Å². The number of amides is 1. The zero-order valence-corrected chi connectivity index (χ0v) is 22.0. The molecule has 194 valence electrons. The lowest BCUT2D eigenvalue weighted by atomic mass is 9.80. The van der Waals surface area contributed by atoms with Gasteiger partial charge in [0.2, 0.25) is 5.88 Å². The molecule has 1 aromatic heterocycles. The highest BCUT2D eigenvalue weighted by molar-refractivity contribution is 5.93. The van der Waals surface area contributed by atoms with E-state index in [0.29, 0.717) is 24.4 Å². The summed E-state index contributed by atoms with van der Waals surface area (Å²) in [6.07, 6.45) is 8.97. The Kier molecular flexibility index (Phi) is 6.38. The maximum Gasteiger partial charge on any atom is 0.306 e. The van der Waals surface area contributed by atoms with Crippen molar-refractivity contribution in [2.75, 3.05) is 0 Å². The number of nitrogens with zero attached hydrogens (tertiary/aromatic N) is 2. The fourth-order valence-corrected chi connectivity index (χ4v) is 5.29. The summed E-state index contributed by atoms with van der Waals surface area (Å²) in [5, 5.41) is 16.8. The van der Waals surface area contributed by atoms with Crippen LogP contribution in [0.3, 0.4) is 0 Å². The molecule has 0 saturated heterocycles. The van der Waals surface area contributed by atoms with E-state index in [-0.39, 0.29) is 34.8 Å². The molecule has 3 aliphatic rings. The molecule has 0 spiro atoms. The number of carboxylic acids is 1. The Morgan fingerprint density at radius 3 is 2.39 bits per heavy atom. The van der Waals surface area contributed by atoms with Crippen LogP contribution in [0.5, 0.6) is 5.88 Å². The van der Waals surface area contributed by atoms with Crippen molar-refractivity contribution in [1.82, 2.24) is 15.1 Å². The van der Waals surface area contributed by atoms with Crippen molar-refractivity contribution in [3.05, 3.63) is 41.1 Å². The Bertz CT molecular complexity index is 1120. The van der Waals surface area contributed by atoms with E-state index in [1.165, 1.54) is 30.4 Å². The van der Waals surface area contributed by atoms with Gasteiger partial charge in [-0.25, -0.2) is 4.68 Å². The molecule has 5 rings (SSSR count). The summed E-state index contributed by atoms with van der Waals surface area (Å²) in [6, 6.07) is 8.32. The second-order valence-electron chi connectivity index (χ2n) is 12.4. The van der Waals surface area contributed by atoms with Crippen LogP contribution in [0.1, 0.15) is 107 Å². The molecule has 3 fully saturated rings. The number of ether oxygens (including phenoxy) is 1. The number of hydrogen-bond donors (Lipinski definition) is 2. The van der Waals surface area contributed by atoms with E-state index < -0.39 is 5.97 Å². The zero-order valence-electron chi connectivity index (χ0n) is 22.0. The lowest BCUT2D eigenvalue weighted by Crippen LogP contribution is -2.46. The van der Waals surface area contributed by atoms with Gasteiger partial charge in [0.25, 0.3) is 5.91 Å². The number of benzene rings is 1. The second kappa shape index (κ2) is 9.24. The maximum absolute atomic E-state index is 13.1. The summed E-state index contributed by atoms with van der Waals surface area (Å²) >= 11 is 0. The van der Waals surface area contributed by atoms with Crippen molar-refractivity contribution in [3.8, 4) is 11.6 Å². The summed E-state index contributed by atoms with van der Waals surface area (Å²) in [5.74, 6) is -0.855. The molecule has 7 nitrogen and oxygen atoms in total. The normalized spacial score (nSPS) is 23.6. The molecule has 0 bridgehead atoms. The predicted molar refractivity (Wildman–Crippen MR) is 138 cm³/mol. The van der Waals surface area contributed by atoms with Gasteiger partial charge >= 0.3 is 5.97 Å². The Morgan fingerprint density at radius 2 is 1.78 bits per heavy atom. The van der Waals surface area contributed by atoms with E-state index in [2.05, 4.69) is 51.2 Å². The molecule has 2 N–H and O–H groups in total. The highest BCUT2D eigenvalue weighted by Gasteiger charge is 2.40. The molecular formula is C29H39N3O4. The first-order chi connectivity index (χ1) is 17.0. The molecule has 1 aromatic carbocycles. The summed E-state index contributed by atoms with van der Waals surface area (Å²) in [4.78, 5) is 24.2. The third kappa shape index (κ3) is 5.16. The summed E-state index contributed by atoms with van der Waals surface area (Å²) in [5.41, 5.74) is 3.94. The molecule has 0 aliphatic heterocycles. The van der Waals surface area contributed by atoms with Crippen LogP contribution < -0.4 is 10.1 Å². The minimum atomic E-state index is -0.799. The quantitative estimate of drug-likeness (QED) is 0.529. The summed E-state index contributed by atoms with van der Waals surface area (Å²) in [7, 11) is 0. The Balaban J connectivity index is 1.48. The second-order valence-corrected chi connectivity index (χ2v) is 12.4. The number of nitrogens with one attached hydrogen (secondary N) is 1. The topological polar surface area (TPSA) is 93.5 Å². The molecule has 3 aliphatic carbocycles. The molecule has 36 heavy (non-hydrogen) atoms. The first-order valence-corrected chi connectivity index (χ1v) is 13.5. The highest BCUT2D eigenvalue weighted by atomic mass is 16.5. The smallest absolute Gasteiger partial charge is 0.306 e. The van der Waals surface area contributed by atoms with Gasteiger partial charge in [0.1, 0.15) is 6.10 Å². The van der Waals surface area contributed by atoms with Crippen molar-refractivity contribution in [1.29, 1.82) is 0 Å². The standard InChI is InChI=1S/C29H39N3O4/c1-28(2,3)19-14-20(29(4)10-11-29)16-22(15-19)32-25(36-23-8-6-5-7-9-23)17-24(31-32)26(33)30-21-12-18(13-21)27(34)35/h14-18,21,23H,5-13H2,1-4H3,(H,30,33)(H,34,35). The van der Waals surface area contributed by atoms with E-state index >= 15 is 0 Å². The molecule has 0 atom stereocenters. The van der Waals surface area contributed by atoms with Gasteiger partial charge in [0.05, 0.1) is 11.6 Å². The van der Waals surface area contributed by atoms with Crippen molar-refractivity contribution >= 4 is 11.9 Å². The maximum atomic E-state index is 13.1. The minimum Gasteiger partial charge on any atom is -0.481 e. The SMILES string of the molecule is CC(C)(C)c1cc(-n2nc(C(=O)NC3CC(C(=O)O)C3)cc2OC2CCCCC2)cc(C2(C)CC2)c1. The average Bonchev–Trinajstić information content (AvgIpc) is 3.42. The van der Waals surface area contributed by atoms with E-state index in [1.807, 2.05) is 0 Å². The lowest BCUT2D eigenvalue weighted by Gasteiger charge is -2.32. The monoisotopic (exact) mass is 493 g/mol. The van der Waals surface area contributed by atoms with E-state index in [0.717, 1.165) is 31.4 Å². The molecular weight excluding hydrogens is 454 g/mol. The molecule has 0 radical (unpaired) electrons. The third-order valence-electron chi connectivity index (χ3n) is 8.30. The van der Waals surface area contributed by atoms with E-state index in [1.54, 1.807) is 10.7 Å². The molecule has 1 amide bonds. The molecule has 2 aromatic rings. The van der Waals surface area contributed by atoms with Gasteiger partial charge in [-0.15, -0.1) is 0 Å². The van der Waals surface area contributed by atoms with Crippen LogP contribution in [-0.2, 0) is 15.6 Å². The van der Waals surface area contributed by atoms with Gasteiger partial charge in [-0.3, -0.25) is 9.59 Å². The van der Waals surface area contributed by atoms with Crippen molar-refractivity contribution in [3.63, 3.8) is 0 Å². The van der Waals surface area contributed by atoms with Crippen LogP contribution in [0.4, 0.5) is 0 Å². The van der Waals surface area contributed by atoms with Gasteiger partial charge in [-0.1, -0.05) is 40.2 Å². The number of aliphatic carboxylic acids is 1. The fourth-order valence-electron chi connectivity index (χ4n) is 5.29. The van der Waals surface area contributed by atoms with Crippen molar-refractivity contribution in [2.45, 2.75) is 108 Å². The zero-order chi connectivity index (χ0) is 25.7.